The normalized spacial score (nSPS) is 18.1. The summed E-state index contributed by atoms with van der Waals surface area (Å²) >= 11 is 0. The van der Waals surface area contributed by atoms with Gasteiger partial charge in [0, 0.05) is 0 Å². The predicted molar refractivity (Wildman–Crippen MR) is 94.8 cm³/mol. The Morgan fingerprint density at radius 3 is 2.25 bits per heavy atom. The lowest BCUT2D eigenvalue weighted by molar-refractivity contribution is -0.146. The van der Waals surface area contributed by atoms with Gasteiger partial charge in [0.15, 0.2) is 6.10 Å². The Labute approximate surface area is 143 Å². The Balaban J connectivity index is 0.000000177. The Morgan fingerprint density at radius 2 is 1.71 bits per heavy atom. The van der Waals surface area contributed by atoms with Crippen molar-refractivity contribution in [2.24, 2.45) is 5.92 Å². The largest absolute Gasteiger partial charge is 0.479 e. The summed E-state index contributed by atoms with van der Waals surface area (Å²) < 4.78 is 0. The number of hydrogen-bond donors (Lipinski definition) is 3. The second kappa shape index (κ2) is 9.85. The molecule has 1 unspecified atom stereocenters. The summed E-state index contributed by atoms with van der Waals surface area (Å²) in [5.74, 6) is -0.368. The fraction of sp³-hybridized carbons (Fsp3) is 0.350. The third-order valence-corrected chi connectivity index (χ3v) is 4.12. The summed E-state index contributed by atoms with van der Waals surface area (Å²) in [6, 6.07) is 19.1. The van der Waals surface area contributed by atoms with Crippen molar-refractivity contribution in [2.45, 2.75) is 25.4 Å². The van der Waals surface area contributed by atoms with Crippen LogP contribution in [-0.2, 0) is 11.2 Å². The van der Waals surface area contributed by atoms with Gasteiger partial charge in [-0.15, -0.1) is 0 Å². The van der Waals surface area contributed by atoms with Crippen molar-refractivity contribution in [2.75, 3.05) is 13.1 Å². The molecule has 1 heterocycles. The van der Waals surface area contributed by atoms with Gasteiger partial charge in [0.25, 0.3) is 0 Å². The average molecular weight is 327 g/mol. The number of aliphatic hydroxyl groups excluding tert-OH is 1. The quantitative estimate of drug-likeness (QED) is 0.807. The number of rotatable bonds is 4. The molecule has 3 N–H and O–H groups in total. The Morgan fingerprint density at radius 1 is 1.08 bits per heavy atom. The van der Waals surface area contributed by atoms with E-state index in [2.05, 4.69) is 35.6 Å². The Kier molecular flexibility index (Phi) is 7.46. The van der Waals surface area contributed by atoms with Gasteiger partial charge in [0.2, 0.25) is 0 Å². The maximum atomic E-state index is 10.2. The van der Waals surface area contributed by atoms with Gasteiger partial charge < -0.3 is 15.5 Å². The van der Waals surface area contributed by atoms with Crippen molar-refractivity contribution in [3.63, 3.8) is 0 Å². The van der Waals surface area contributed by atoms with Crippen LogP contribution in [0, 0.1) is 5.92 Å². The van der Waals surface area contributed by atoms with E-state index in [4.69, 9.17) is 10.2 Å². The van der Waals surface area contributed by atoms with Crippen LogP contribution >= 0.6 is 0 Å². The van der Waals surface area contributed by atoms with Crippen LogP contribution in [0.3, 0.4) is 0 Å². The molecule has 0 aromatic heterocycles. The van der Waals surface area contributed by atoms with Crippen molar-refractivity contribution in [3.05, 3.63) is 71.8 Å². The zero-order valence-electron chi connectivity index (χ0n) is 13.8. The van der Waals surface area contributed by atoms with E-state index in [9.17, 15) is 4.79 Å². The Bertz CT molecular complexity index is 595. The molecule has 2 aromatic carbocycles. The number of carboxylic acids is 1. The molecule has 1 fully saturated rings. The zero-order valence-corrected chi connectivity index (χ0v) is 13.8. The van der Waals surface area contributed by atoms with E-state index in [0.29, 0.717) is 5.56 Å². The van der Waals surface area contributed by atoms with Crippen LogP contribution in [0.2, 0.25) is 0 Å². The summed E-state index contributed by atoms with van der Waals surface area (Å²) in [5, 5.41) is 20.8. The van der Waals surface area contributed by atoms with Crippen molar-refractivity contribution in [1.29, 1.82) is 0 Å². The molecule has 0 amide bonds. The van der Waals surface area contributed by atoms with Gasteiger partial charge in [-0.1, -0.05) is 60.7 Å². The standard InChI is InChI=1S/C12H17N.C8H8O3/c1-2-5-11(6-3-1)9-12-7-4-8-13-10-12;9-7(8(10)11)6-4-2-1-3-5-6/h1-3,5-6,12-13H,4,7-10H2;1-5,7,9H,(H,10,11)/t;7-/m.1/s1. The molecule has 0 aliphatic carbocycles. The fourth-order valence-electron chi connectivity index (χ4n) is 2.82. The number of hydrogen-bond acceptors (Lipinski definition) is 3. The molecule has 128 valence electrons. The van der Waals surface area contributed by atoms with Crippen LogP contribution in [0.25, 0.3) is 0 Å². The van der Waals surface area contributed by atoms with Crippen LogP contribution in [0.15, 0.2) is 60.7 Å². The van der Waals surface area contributed by atoms with E-state index in [1.54, 1.807) is 30.3 Å². The molecular formula is C20H25NO3. The third kappa shape index (κ3) is 6.14. The van der Waals surface area contributed by atoms with E-state index in [0.717, 1.165) is 5.92 Å². The van der Waals surface area contributed by atoms with Crippen LogP contribution in [0.1, 0.15) is 30.1 Å². The second-order valence-electron chi connectivity index (χ2n) is 6.05. The lowest BCUT2D eigenvalue weighted by atomic mass is 9.92. The number of carbonyl (C=O) groups is 1. The highest BCUT2D eigenvalue weighted by Gasteiger charge is 2.14. The highest BCUT2D eigenvalue weighted by atomic mass is 16.4. The topological polar surface area (TPSA) is 69.6 Å². The van der Waals surface area contributed by atoms with E-state index in [-0.39, 0.29) is 0 Å². The lowest BCUT2D eigenvalue weighted by Gasteiger charge is -2.22. The predicted octanol–water partition coefficient (Wildman–Crippen LogP) is 3.03. The summed E-state index contributed by atoms with van der Waals surface area (Å²) in [5.41, 5.74) is 1.89. The first-order valence-electron chi connectivity index (χ1n) is 8.37. The number of carboxylic acid groups (broad SMARTS) is 1. The lowest BCUT2D eigenvalue weighted by Crippen LogP contribution is -2.30. The van der Waals surface area contributed by atoms with Gasteiger partial charge in [-0.25, -0.2) is 4.79 Å². The number of aliphatic hydroxyl groups is 1. The summed E-state index contributed by atoms with van der Waals surface area (Å²) in [6.45, 7) is 2.42. The molecule has 2 atom stereocenters. The van der Waals surface area contributed by atoms with E-state index < -0.39 is 12.1 Å². The van der Waals surface area contributed by atoms with Crippen LogP contribution in [0.4, 0.5) is 0 Å². The number of nitrogens with one attached hydrogen (secondary N) is 1. The van der Waals surface area contributed by atoms with Crippen LogP contribution < -0.4 is 5.32 Å². The van der Waals surface area contributed by atoms with Crippen molar-refractivity contribution < 1.29 is 15.0 Å². The van der Waals surface area contributed by atoms with Crippen LogP contribution in [0.5, 0.6) is 0 Å². The van der Waals surface area contributed by atoms with E-state index >= 15 is 0 Å². The second-order valence-corrected chi connectivity index (χ2v) is 6.05. The third-order valence-electron chi connectivity index (χ3n) is 4.12. The van der Waals surface area contributed by atoms with Gasteiger partial charge in [0.05, 0.1) is 0 Å². The molecule has 1 aliphatic rings. The number of benzene rings is 2. The molecule has 1 saturated heterocycles. The van der Waals surface area contributed by atoms with Gasteiger partial charge in [-0.05, 0) is 49.4 Å². The Hall–Kier alpha value is -2.17. The minimum absolute atomic E-state index is 0.403. The molecule has 0 saturated carbocycles. The van der Waals surface area contributed by atoms with Crippen molar-refractivity contribution >= 4 is 5.97 Å². The van der Waals surface area contributed by atoms with Gasteiger partial charge in [0.1, 0.15) is 0 Å². The van der Waals surface area contributed by atoms with Gasteiger partial charge >= 0.3 is 5.97 Å². The first-order chi connectivity index (χ1) is 11.7. The SMILES string of the molecule is O=C(O)[C@H](O)c1ccccc1.c1ccc(CC2CCCNC2)cc1. The van der Waals surface area contributed by atoms with Crippen LogP contribution in [-0.4, -0.2) is 29.3 Å². The molecule has 1 aliphatic heterocycles. The fourth-order valence-corrected chi connectivity index (χ4v) is 2.82. The van der Waals surface area contributed by atoms with Crippen molar-refractivity contribution in [1.82, 2.24) is 5.32 Å². The van der Waals surface area contributed by atoms with E-state index in [1.165, 1.54) is 37.9 Å². The molecular weight excluding hydrogens is 302 g/mol. The summed E-state index contributed by atoms with van der Waals surface area (Å²) in [7, 11) is 0. The number of aliphatic carboxylic acids is 1. The molecule has 0 bridgehead atoms. The molecule has 24 heavy (non-hydrogen) atoms. The highest BCUT2D eigenvalue weighted by molar-refractivity contribution is 5.73. The monoisotopic (exact) mass is 327 g/mol. The van der Waals surface area contributed by atoms with Gasteiger partial charge in [-0.3, -0.25) is 0 Å². The molecule has 4 nitrogen and oxygen atoms in total. The van der Waals surface area contributed by atoms with E-state index in [1.807, 2.05) is 0 Å². The molecule has 4 heteroatoms. The summed E-state index contributed by atoms with van der Waals surface area (Å²) in [4.78, 5) is 10.2. The van der Waals surface area contributed by atoms with Gasteiger partial charge in [-0.2, -0.15) is 0 Å². The molecule has 0 spiro atoms. The smallest absolute Gasteiger partial charge is 0.337 e. The molecule has 3 rings (SSSR count). The molecule has 0 radical (unpaired) electrons. The minimum Gasteiger partial charge on any atom is -0.479 e. The zero-order chi connectivity index (χ0) is 17.2. The molecule has 2 aromatic rings. The highest BCUT2D eigenvalue weighted by Crippen LogP contribution is 2.15. The first-order valence-corrected chi connectivity index (χ1v) is 8.37. The summed E-state index contributed by atoms with van der Waals surface area (Å²) in [6.07, 6.45) is 2.57. The minimum atomic E-state index is -1.41. The first kappa shape index (κ1) is 18.2. The maximum Gasteiger partial charge on any atom is 0.337 e. The maximum absolute atomic E-state index is 10.2. The number of piperidine rings is 1. The van der Waals surface area contributed by atoms with Crippen molar-refractivity contribution in [3.8, 4) is 0 Å². The average Bonchev–Trinajstić information content (AvgIpc) is 2.64.